The Hall–Kier alpha value is -1.88. The van der Waals surface area contributed by atoms with Crippen molar-refractivity contribution in [3.8, 4) is 5.75 Å². The number of aryl methyl sites for hydroxylation is 2. The van der Waals surface area contributed by atoms with Gasteiger partial charge in [0.2, 0.25) is 0 Å². The Morgan fingerprint density at radius 1 is 1.25 bits per heavy atom. The molecule has 0 saturated heterocycles. The van der Waals surface area contributed by atoms with Gasteiger partial charge < -0.3 is 10.1 Å². The first-order valence-electron chi connectivity index (χ1n) is 6.92. The van der Waals surface area contributed by atoms with Gasteiger partial charge in [0.25, 0.3) is 0 Å². The summed E-state index contributed by atoms with van der Waals surface area (Å²) in [5.74, 6) is 1.73. The summed E-state index contributed by atoms with van der Waals surface area (Å²) in [5.41, 5.74) is 1.27. The van der Waals surface area contributed by atoms with Crippen LogP contribution in [0.3, 0.4) is 0 Å². The second-order valence-corrected chi connectivity index (χ2v) is 5.06. The lowest BCUT2D eigenvalue weighted by Gasteiger charge is -2.05. The van der Waals surface area contributed by atoms with E-state index in [1.54, 1.807) is 13.4 Å². The van der Waals surface area contributed by atoms with Crippen LogP contribution in [0, 0.1) is 0 Å². The van der Waals surface area contributed by atoms with Crippen molar-refractivity contribution in [2.45, 2.75) is 39.4 Å². The van der Waals surface area contributed by atoms with Crippen LogP contribution in [-0.4, -0.2) is 27.9 Å². The first-order chi connectivity index (χ1) is 9.67. The SMILES string of the molecule is COc1ccc(CCn2cnc(CNC(C)C)n2)cc1. The van der Waals surface area contributed by atoms with Crippen molar-refractivity contribution in [2.24, 2.45) is 0 Å². The van der Waals surface area contributed by atoms with Crippen LogP contribution in [0.4, 0.5) is 0 Å². The van der Waals surface area contributed by atoms with Gasteiger partial charge in [-0.2, -0.15) is 5.10 Å². The largest absolute Gasteiger partial charge is 0.497 e. The van der Waals surface area contributed by atoms with Crippen LogP contribution >= 0.6 is 0 Å². The standard InChI is InChI=1S/C15H22N4O/c1-12(2)16-10-15-17-11-19(18-15)9-8-13-4-6-14(20-3)7-5-13/h4-7,11-12,16H,8-10H2,1-3H3. The van der Waals surface area contributed by atoms with Crippen molar-refractivity contribution < 1.29 is 4.74 Å². The quantitative estimate of drug-likeness (QED) is 0.839. The molecule has 0 aliphatic rings. The predicted octanol–water partition coefficient (Wildman–Crippen LogP) is 2.03. The van der Waals surface area contributed by atoms with E-state index in [2.05, 4.69) is 41.4 Å². The fraction of sp³-hybridized carbons (Fsp3) is 0.467. The highest BCUT2D eigenvalue weighted by atomic mass is 16.5. The molecule has 1 heterocycles. The molecule has 1 aromatic heterocycles. The van der Waals surface area contributed by atoms with E-state index in [4.69, 9.17) is 4.74 Å². The van der Waals surface area contributed by atoms with Gasteiger partial charge in [-0.25, -0.2) is 4.98 Å². The van der Waals surface area contributed by atoms with E-state index in [-0.39, 0.29) is 0 Å². The monoisotopic (exact) mass is 274 g/mol. The molecule has 0 saturated carbocycles. The first kappa shape index (κ1) is 14.5. The van der Waals surface area contributed by atoms with Crippen molar-refractivity contribution in [2.75, 3.05) is 7.11 Å². The average molecular weight is 274 g/mol. The summed E-state index contributed by atoms with van der Waals surface area (Å²) in [6.07, 6.45) is 2.73. The van der Waals surface area contributed by atoms with Crippen LogP contribution in [0.2, 0.25) is 0 Å². The van der Waals surface area contributed by atoms with Crippen molar-refractivity contribution in [3.05, 3.63) is 42.0 Å². The lowest BCUT2D eigenvalue weighted by atomic mass is 10.1. The van der Waals surface area contributed by atoms with Gasteiger partial charge in [0.15, 0.2) is 5.82 Å². The van der Waals surface area contributed by atoms with Gasteiger partial charge in [0.05, 0.1) is 13.7 Å². The summed E-state index contributed by atoms with van der Waals surface area (Å²) in [6.45, 7) is 5.77. The number of nitrogens with one attached hydrogen (secondary N) is 1. The molecule has 2 rings (SSSR count). The molecule has 0 aliphatic carbocycles. The molecule has 1 aromatic carbocycles. The zero-order valence-corrected chi connectivity index (χ0v) is 12.3. The number of hydrogen-bond acceptors (Lipinski definition) is 4. The van der Waals surface area contributed by atoms with Gasteiger partial charge >= 0.3 is 0 Å². The molecule has 5 nitrogen and oxygen atoms in total. The Morgan fingerprint density at radius 3 is 2.65 bits per heavy atom. The van der Waals surface area contributed by atoms with Gasteiger partial charge in [0, 0.05) is 12.6 Å². The molecule has 108 valence electrons. The Morgan fingerprint density at radius 2 is 2.00 bits per heavy atom. The third-order valence-electron chi connectivity index (χ3n) is 3.04. The third-order valence-corrected chi connectivity index (χ3v) is 3.04. The zero-order valence-electron chi connectivity index (χ0n) is 12.3. The van der Waals surface area contributed by atoms with Gasteiger partial charge in [-0.1, -0.05) is 26.0 Å². The maximum Gasteiger partial charge on any atom is 0.164 e. The Kier molecular flexibility index (Phi) is 5.12. The molecule has 0 atom stereocenters. The van der Waals surface area contributed by atoms with Crippen molar-refractivity contribution >= 4 is 0 Å². The summed E-state index contributed by atoms with van der Waals surface area (Å²) in [4.78, 5) is 4.30. The van der Waals surface area contributed by atoms with Crippen LogP contribution in [0.25, 0.3) is 0 Å². The molecule has 0 fully saturated rings. The Balaban J connectivity index is 1.84. The smallest absolute Gasteiger partial charge is 0.164 e. The van der Waals surface area contributed by atoms with Gasteiger partial charge in [0.1, 0.15) is 12.1 Å². The summed E-state index contributed by atoms with van der Waals surface area (Å²) in [5, 5.41) is 7.76. The fourth-order valence-corrected chi connectivity index (χ4v) is 1.85. The molecule has 0 bridgehead atoms. The normalized spacial score (nSPS) is 11.0. The molecule has 20 heavy (non-hydrogen) atoms. The number of ether oxygens (including phenoxy) is 1. The number of aromatic nitrogens is 3. The third kappa shape index (κ3) is 4.35. The summed E-state index contributed by atoms with van der Waals surface area (Å²) < 4.78 is 7.04. The minimum absolute atomic E-state index is 0.446. The molecule has 5 heteroatoms. The number of hydrogen-bond donors (Lipinski definition) is 1. The van der Waals surface area contributed by atoms with Gasteiger partial charge in [-0.15, -0.1) is 0 Å². The maximum absolute atomic E-state index is 5.15. The van der Waals surface area contributed by atoms with Crippen LogP contribution < -0.4 is 10.1 Å². The molecule has 0 radical (unpaired) electrons. The summed E-state index contributed by atoms with van der Waals surface area (Å²) in [7, 11) is 1.68. The van der Waals surface area contributed by atoms with Crippen LogP contribution in [0.5, 0.6) is 5.75 Å². The minimum Gasteiger partial charge on any atom is -0.497 e. The first-order valence-corrected chi connectivity index (χ1v) is 6.92. The van der Waals surface area contributed by atoms with Crippen LogP contribution in [0.15, 0.2) is 30.6 Å². The summed E-state index contributed by atoms with van der Waals surface area (Å²) >= 11 is 0. The molecular weight excluding hydrogens is 252 g/mol. The van der Waals surface area contributed by atoms with E-state index in [1.807, 2.05) is 16.8 Å². The number of methoxy groups -OCH3 is 1. The number of rotatable bonds is 7. The molecule has 0 unspecified atom stereocenters. The highest BCUT2D eigenvalue weighted by Crippen LogP contribution is 2.12. The number of nitrogens with zero attached hydrogens (tertiary/aromatic N) is 3. The molecule has 0 amide bonds. The molecular formula is C15H22N4O. The highest BCUT2D eigenvalue weighted by Gasteiger charge is 2.02. The van der Waals surface area contributed by atoms with Crippen molar-refractivity contribution in [1.29, 1.82) is 0 Å². The maximum atomic E-state index is 5.15. The van der Waals surface area contributed by atoms with Crippen molar-refractivity contribution in [1.82, 2.24) is 20.1 Å². The minimum atomic E-state index is 0.446. The fourth-order valence-electron chi connectivity index (χ4n) is 1.85. The van der Waals surface area contributed by atoms with E-state index in [9.17, 15) is 0 Å². The second-order valence-electron chi connectivity index (χ2n) is 5.06. The summed E-state index contributed by atoms with van der Waals surface area (Å²) in [6, 6.07) is 8.57. The highest BCUT2D eigenvalue weighted by molar-refractivity contribution is 5.27. The zero-order chi connectivity index (χ0) is 14.4. The van der Waals surface area contributed by atoms with Crippen LogP contribution in [-0.2, 0) is 19.5 Å². The van der Waals surface area contributed by atoms with Crippen LogP contribution in [0.1, 0.15) is 25.2 Å². The lowest BCUT2D eigenvalue weighted by Crippen LogP contribution is -2.22. The Bertz CT molecular complexity index is 519. The van der Waals surface area contributed by atoms with E-state index in [0.717, 1.165) is 24.5 Å². The predicted molar refractivity (Wildman–Crippen MR) is 78.7 cm³/mol. The van der Waals surface area contributed by atoms with Gasteiger partial charge in [-0.3, -0.25) is 4.68 Å². The number of benzene rings is 1. The average Bonchev–Trinajstić information content (AvgIpc) is 2.91. The van der Waals surface area contributed by atoms with Crippen molar-refractivity contribution in [3.63, 3.8) is 0 Å². The lowest BCUT2D eigenvalue weighted by molar-refractivity contribution is 0.414. The molecule has 2 aromatic rings. The van der Waals surface area contributed by atoms with E-state index >= 15 is 0 Å². The van der Waals surface area contributed by atoms with E-state index in [0.29, 0.717) is 12.6 Å². The molecule has 1 N–H and O–H groups in total. The Labute approximate surface area is 120 Å². The van der Waals surface area contributed by atoms with E-state index < -0.39 is 0 Å². The topological polar surface area (TPSA) is 52.0 Å². The van der Waals surface area contributed by atoms with Gasteiger partial charge in [-0.05, 0) is 24.1 Å². The van der Waals surface area contributed by atoms with E-state index in [1.165, 1.54) is 5.56 Å². The second kappa shape index (κ2) is 7.05. The molecule has 0 aliphatic heterocycles. The molecule has 0 spiro atoms.